The average Bonchev–Trinajstić information content (AvgIpc) is 3.68. The van der Waals surface area contributed by atoms with Gasteiger partial charge in [-0.1, -0.05) is 78.9 Å². The molecule has 48 heavy (non-hydrogen) atoms. The van der Waals surface area contributed by atoms with Crippen molar-refractivity contribution in [3.63, 3.8) is 0 Å². The van der Waals surface area contributed by atoms with Gasteiger partial charge in [0.15, 0.2) is 0 Å². The van der Waals surface area contributed by atoms with Crippen LogP contribution in [0.2, 0.25) is 0 Å². The first-order valence-electron chi connectivity index (χ1n) is 16.4. The van der Waals surface area contributed by atoms with E-state index in [9.17, 15) is 0 Å². The van der Waals surface area contributed by atoms with Gasteiger partial charge in [-0.2, -0.15) is 0 Å². The first-order valence-corrected chi connectivity index (χ1v) is 16.4. The Kier molecular flexibility index (Phi) is 5.13. The van der Waals surface area contributed by atoms with Crippen LogP contribution in [0.3, 0.4) is 0 Å². The zero-order valence-electron chi connectivity index (χ0n) is 25.8. The molecule has 0 atom stereocenters. The molecule has 5 nitrogen and oxygen atoms in total. The molecule has 5 aromatic carbocycles. The molecule has 0 unspecified atom stereocenters. The third-order valence-electron chi connectivity index (χ3n) is 10.2. The van der Waals surface area contributed by atoms with Crippen molar-refractivity contribution in [1.29, 1.82) is 0 Å². The number of hydrogen-bond donors (Lipinski definition) is 0. The standard InChI is InChI=1S/C42H26BN5/c1-3-13-28(14-4-1)46-35-22-8-7-19-32(35)43-33-20-11-17-30-38-31-18-12-24-45-41(31)47(29-15-5-2-6-16-29)42(38)48(40(30)33)37-26-27(25-36(46)39(37)43)34-21-9-10-23-44-34/h1-26H. The number of hydrogen-bond acceptors (Lipinski definition) is 3. The van der Waals surface area contributed by atoms with Gasteiger partial charge >= 0.3 is 0 Å². The molecule has 0 spiro atoms. The van der Waals surface area contributed by atoms with Gasteiger partial charge in [-0.3, -0.25) is 14.1 Å². The summed E-state index contributed by atoms with van der Waals surface area (Å²) in [5.41, 5.74) is 15.1. The lowest BCUT2D eigenvalue weighted by Gasteiger charge is -2.40. The minimum Gasteiger partial charge on any atom is -0.311 e. The number of nitrogens with zero attached hydrogens (tertiary/aromatic N) is 5. The van der Waals surface area contributed by atoms with E-state index in [1.165, 1.54) is 49.7 Å². The second kappa shape index (κ2) is 9.56. The molecule has 2 aliphatic heterocycles. The number of benzene rings is 5. The Labute approximate surface area is 277 Å². The molecular formula is C42H26BN5. The molecule has 0 fully saturated rings. The highest BCUT2D eigenvalue weighted by Gasteiger charge is 2.43. The van der Waals surface area contributed by atoms with Gasteiger partial charge in [-0.05, 0) is 83.1 Å². The van der Waals surface area contributed by atoms with Crippen molar-refractivity contribution in [1.82, 2.24) is 19.1 Å². The van der Waals surface area contributed by atoms with E-state index < -0.39 is 0 Å². The van der Waals surface area contributed by atoms with E-state index in [0.29, 0.717) is 0 Å². The predicted octanol–water partition coefficient (Wildman–Crippen LogP) is 7.80. The number of pyridine rings is 2. The number of aromatic nitrogens is 4. The highest BCUT2D eigenvalue weighted by atomic mass is 15.2. The first kappa shape index (κ1) is 25.8. The predicted molar refractivity (Wildman–Crippen MR) is 198 cm³/mol. The third-order valence-corrected chi connectivity index (χ3v) is 10.2. The Morgan fingerprint density at radius 1 is 0.500 bits per heavy atom. The summed E-state index contributed by atoms with van der Waals surface area (Å²) >= 11 is 0. The molecule has 0 saturated heterocycles. The largest absolute Gasteiger partial charge is 0.311 e. The van der Waals surface area contributed by atoms with E-state index in [4.69, 9.17) is 9.97 Å². The molecule has 0 radical (unpaired) electrons. The zero-order valence-corrected chi connectivity index (χ0v) is 25.8. The summed E-state index contributed by atoms with van der Waals surface area (Å²) in [5, 5.41) is 3.62. The summed E-state index contributed by atoms with van der Waals surface area (Å²) in [5.74, 6) is 0. The normalized spacial score (nSPS) is 12.9. The first-order chi connectivity index (χ1) is 23.9. The fraction of sp³-hybridized carbons (Fsp3) is 0. The van der Waals surface area contributed by atoms with Crippen molar-refractivity contribution < 1.29 is 0 Å². The maximum absolute atomic E-state index is 4.98. The lowest BCUT2D eigenvalue weighted by Crippen LogP contribution is -2.60. The summed E-state index contributed by atoms with van der Waals surface area (Å²) < 4.78 is 4.87. The maximum Gasteiger partial charge on any atom is 0.252 e. The summed E-state index contributed by atoms with van der Waals surface area (Å²) in [4.78, 5) is 12.3. The molecule has 0 saturated carbocycles. The summed E-state index contributed by atoms with van der Waals surface area (Å²) in [7, 11) is 0. The van der Waals surface area contributed by atoms with Gasteiger partial charge in [0.1, 0.15) is 11.3 Å². The fourth-order valence-corrected chi connectivity index (χ4v) is 8.36. The molecule has 0 N–H and O–H groups in total. The number of rotatable bonds is 3. The molecule has 0 aliphatic carbocycles. The maximum atomic E-state index is 4.98. The third kappa shape index (κ3) is 3.31. The average molecular weight is 612 g/mol. The van der Waals surface area contributed by atoms with Crippen molar-refractivity contribution in [3.8, 4) is 22.6 Å². The minimum atomic E-state index is 0.0636. The van der Waals surface area contributed by atoms with Gasteiger partial charge in [0, 0.05) is 62.6 Å². The van der Waals surface area contributed by atoms with Crippen LogP contribution in [0.4, 0.5) is 17.1 Å². The van der Waals surface area contributed by atoms with E-state index >= 15 is 0 Å². The Morgan fingerprint density at radius 2 is 1.21 bits per heavy atom. The number of fused-ring (bicyclic) bond motifs is 9. The van der Waals surface area contributed by atoms with Gasteiger partial charge in [0.25, 0.3) is 6.71 Å². The zero-order chi connectivity index (χ0) is 31.3. The van der Waals surface area contributed by atoms with Gasteiger partial charge in [0.2, 0.25) is 0 Å². The van der Waals surface area contributed by atoms with Crippen LogP contribution in [-0.2, 0) is 0 Å². The SMILES string of the molecule is c1ccc(N2c3ccccc3B3c4c2cc(-c2ccccn2)cc4-n2c4c3cccc4c3c4cccnc4n(-c4ccccc4)c32)cc1. The van der Waals surface area contributed by atoms with Crippen LogP contribution < -0.4 is 21.3 Å². The van der Waals surface area contributed by atoms with Crippen molar-refractivity contribution in [2.24, 2.45) is 0 Å². The summed E-state index contributed by atoms with van der Waals surface area (Å²) in [6.45, 7) is 0.0636. The Hall–Kier alpha value is -6.40. The molecule has 6 heteroatoms. The molecule has 4 aromatic heterocycles. The van der Waals surface area contributed by atoms with E-state index in [1.807, 2.05) is 18.5 Å². The number of anilines is 3. The molecule has 0 bridgehead atoms. The number of para-hydroxylation sites is 4. The molecule has 6 heterocycles. The van der Waals surface area contributed by atoms with E-state index in [1.54, 1.807) is 0 Å². The lowest BCUT2D eigenvalue weighted by molar-refractivity contribution is 1.05. The van der Waals surface area contributed by atoms with Gasteiger partial charge in [-0.15, -0.1) is 0 Å². The second-order valence-corrected chi connectivity index (χ2v) is 12.6. The topological polar surface area (TPSA) is 38.9 Å². The smallest absolute Gasteiger partial charge is 0.252 e. The second-order valence-electron chi connectivity index (χ2n) is 12.6. The molecule has 11 rings (SSSR count). The highest BCUT2D eigenvalue weighted by Crippen LogP contribution is 2.45. The van der Waals surface area contributed by atoms with E-state index in [0.717, 1.165) is 39.3 Å². The van der Waals surface area contributed by atoms with E-state index in [2.05, 4.69) is 154 Å². The fourth-order valence-electron chi connectivity index (χ4n) is 8.36. The van der Waals surface area contributed by atoms with Crippen molar-refractivity contribution in [3.05, 3.63) is 158 Å². The Morgan fingerprint density at radius 3 is 2.04 bits per heavy atom. The van der Waals surface area contributed by atoms with Gasteiger partial charge < -0.3 is 4.90 Å². The minimum absolute atomic E-state index is 0.0636. The van der Waals surface area contributed by atoms with Crippen LogP contribution in [0, 0.1) is 0 Å². The van der Waals surface area contributed by atoms with Crippen LogP contribution in [0.1, 0.15) is 0 Å². The lowest BCUT2D eigenvalue weighted by atomic mass is 9.33. The van der Waals surface area contributed by atoms with Crippen LogP contribution in [-0.4, -0.2) is 25.8 Å². The van der Waals surface area contributed by atoms with Crippen LogP contribution in [0.15, 0.2) is 158 Å². The molecule has 222 valence electrons. The molecule has 9 aromatic rings. The van der Waals surface area contributed by atoms with Crippen LogP contribution >= 0.6 is 0 Å². The van der Waals surface area contributed by atoms with Gasteiger partial charge in [-0.25, -0.2) is 4.98 Å². The van der Waals surface area contributed by atoms with Crippen LogP contribution in [0.5, 0.6) is 0 Å². The van der Waals surface area contributed by atoms with Gasteiger partial charge in [0.05, 0.1) is 11.2 Å². The highest BCUT2D eigenvalue weighted by molar-refractivity contribution is 7.00. The van der Waals surface area contributed by atoms with E-state index in [-0.39, 0.29) is 6.71 Å². The Balaban J connectivity index is 1.38. The Bertz CT molecular complexity index is 2730. The quantitative estimate of drug-likeness (QED) is 0.192. The molecule has 0 amide bonds. The molecule has 2 aliphatic rings. The van der Waals surface area contributed by atoms with Crippen molar-refractivity contribution >= 4 is 73.1 Å². The summed E-state index contributed by atoms with van der Waals surface area (Å²) in [6.07, 6.45) is 3.78. The van der Waals surface area contributed by atoms with Crippen LogP contribution in [0.25, 0.3) is 55.6 Å². The van der Waals surface area contributed by atoms with Crippen molar-refractivity contribution in [2.75, 3.05) is 4.90 Å². The summed E-state index contributed by atoms with van der Waals surface area (Å²) in [6, 6.07) is 52.3. The monoisotopic (exact) mass is 611 g/mol. The molecular weight excluding hydrogens is 585 g/mol. The van der Waals surface area contributed by atoms with Crippen molar-refractivity contribution in [2.45, 2.75) is 0 Å².